The predicted molar refractivity (Wildman–Crippen MR) is 109 cm³/mol. The van der Waals surface area contributed by atoms with E-state index >= 15 is 0 Å². The molecular weight excluding hydrogens is 405 g/mol. The minimum atomic E-state index is -0.324. The summed E-state index contributed by atoms with van der Waals surface area (Å²) in [6.45, 7) is 3.09. The molecule has 0 unspecified atom stereocenters. The number of amides is 2. The second kappa shape index (κ2) is 7.28. The first-order valence-electron chi connectivity index (χ1n) is 8.53. The van der Waals surface area contributed by atoms with Gasteiger partial charge in [-0.1, -0.05) is 29.3 Å². The van der Waals surface area contributed by atoms with Crippen molar-refractivity contribution in [3.8, 4) is 0 Å². The molecule has 5 nitrogen and oxygen atoms in total. The fraction of sp³-hybridized carbons (Fsp3) is 0.263. The molecule has 2 aliphatic heterocycles. The molecule has 0 saturated carbocycles. The van der Waals surface area contributed by atoms with E-state index in [1.165, 1.54) is 16.2 Å². The van der Waals surface area contributed by atoms with E-state index in [1.807, 2.05) is 22.4 Å². The van der Waals surface area contributed by atoms with Gasteiger partial charge in [0.2, 0.25) is 0 Å². The van der Waals surface area contributed by atoms with Gasteiger partial charge in [-0.25, -0.2) is 4.90 Å². The SMILES string of the molecule is CN1CCN(C2=C(c3cccs3)C(=O)N(c3ccc(Cl)c(Cl)c3)C2=O)CC1. The molecule has 2 amide bonds. The summed E-state index contributed by atoms with van der Waals surface area (Å²) < 4.78 is 0. The number of likely N-dealkylation sites (N-methyl/N-ethyl adjacent to an activating group) is 1. The van der Waals surface area contributed by atoms with Crippen LogP contribution in [0.25, 0.3) is 5.57 Å². The number of hydrogen-bond acceptors (Lipinski definition) is 5. The molecule has 1 aromatic carbocycles. The maximum Gasteiger partial charge on any atom is 0.282 e. The summed E-state index contributed by atoms with van der Waals surface area (Å²) in [6, 6.07) is 8.55. The van der Waals surface area contributed by atoms with Gasteiger partial charge in [-0.05, 0) is 36.7 Å². The third-order valence-corrected chi connectivity index (χ3v) is 6.43. The summed E-state index contributed by atoms with van der Waals surface area (Å²) in [5.74, 6) is -0.638. The molecule has 3 heterocycles. The molecule has 1 saturated heterocycles. The zero-order valence-electron chi connectivity index (χ0n) is 14.6. The van der Waals surface area contributed by atoms with Crippen LogP contribution in [-0.2, 0) is 9.59 Å². The fourth-order valence-electron chi connectivity index (χ4n) is 3.34. The fourth-order valence-corrected chi connectivity index (χ4v) is 4.40. The Morgan fingerprint density at radius 2 is 1.70 bits per heavy atom. The average molecular weight is 422 g/mol. The number of piperazine rings is 1. The zero-order chi connectivity index (χ0) is 19.1. The van der Waals surface area contributed by atoms with Gasteiger partial charge in [0.15, 0.2) is 0 Å². The molecule has 140 valence electrons. The first kappa shape index (κ1) is 18.5. The standard InChI is InChI=1S/C19H17Cl2N3O2S/c1-22-6-8-23(9-7-22)17-16(15-3-2-10-27-15)18(25)24(19(17)26)12-4-5-13(20)14(21)11-12/h2-5,10-11H,6-9H2,1H3. The van der Waals surface area contributed by atoms with Crippen LogP contribution >= 0.6 is 34.5 Å². The van der Waals surface area contributed by atoms with Crippen molar-refractivity contribution in [1.29, 1.82) is 0 Å². The first-order chi connectivity index (χ1) is 13.0. The van der Waals surface area contributed by atoms with Crippen molar-refractivity contribution in [2.75, 3.05) is 38.1 Å². The van der Waals surface area contributed by atoms with Crippen LogP contribution in [-0.4, -0.2) is 54.8 Å². The average Bonchev–Trinajstić information content (AvgIpc) is 3.25. The van der Waals surface area contributed by atoms with E-state index in [4.69, 9.17) is 23.2 Å². The molecule has 1 fully saturated rings. The van der Waals surface area contributed by atoms with E-state index < -0.39 is 0 Å². The van der Waals surface area contributed by atoms with Gasteiger partial charge in [0.1, 0.15) is 5.70 Å². The molecule has 0 spiro atoms. The van der Waals surface area contributed by atoms with Gasteiger partial charge in [0.05, 0.1) is 21.3 Å². The second-order valence-electron chi connectivity index (χ2n) is 6.54. The number of thiophene rings is 1. The predicted octanol–water partition coefficient (Wildman–Crippen LogP) is 3.59. The third-order valence-electron chi connectivity index (χ3n) is 4.81. The zero-order valence-corrected chi connectivity index (χ0v) is 16.9. The maximum atomic E-state index is 13.3. The normalized spacial score (nSPS) is 18.8. The number of imide groups is 1. The molecule has 0 bridgehead atoms. The number of halogens is 2. The van der Waals surface area contributed by atoms with Gasteiger partial charge in [-0.15, -0.1) is 11.3 Å². The smallest absolute Gasteiger partial charge is 0.282 e. The summed E-state index contributed by atoms with van der Waals surface area (Å²) >= 11 is 13.6. The Hall–Kier alpha value is -1.86. The van der Waals surface area contributed by atoms with E-state index in [1.54, 1.807) is 18.2 Å². The van der Waals surface area contributed by atoms with Crippen LogP contribution in [0.5, 0.6) is 0 Å². The van der Waals surface area contributed by atoms with Crippen LogP contribution in [0.15, 0.2) is 41.4 Å². The number of carbonyl (C=O) groups excluding carboxylic acids is 2. The summed E-state index contributed by atoms with van der Waals surface area (Å²) in [5.41, 5.74) is 1.37. The third kappa shape index (κ3) is 3.27. The Morgan fingerprint density at radius 1 is 0.963 bits per heavy atom. The highest BCUT2D eigenvalue weighted by Crippen LogP contribution is 2.38. The van der Waals surface area contributed by atoms with Crippen LogP contribution < -0.4 is 4.90 Å². The highest BCUT2D eigenvalue weighted by atomic mass is 35.5. The van der Waals surface area contributed by atoms with E-state index in [0.29, 0.717) is 40.1 Å². The van der Waals surface area contributed by atoms with Gasteiger partial charge < -0.3 is 9.80 Å². The molecule has 0 radical (unpaired) electrons. The number of anilines is 1. The van der Waals surface area contributed by atoms with Gasteiger partial charge in [0.25, 0.3) is 11.8 Å². The number of benzene rings is 1. The maximum absolute atomic E-state index is 13.3. The Labute approximate surface area is 171 Å². The van der Waals surface area contributed by atoms with E-state index in [9.17, 15) is 9.59 Å². The summed E-state index contributed by atoms with van der Waals surface area (Å²) in [4.78, 5) is 32.8. The van der Waals surface area contributed by atoms with Crippen LogP contribution in [0.3, 0.4) is 0 Å². The van der Waals surface area contributed by atoms with Gasteiger partial charge in [0, 0.05) is 31.1 Å². The van der Waals surface area contributed by atoms with Crippen LogP contribution in [0.2, 0.25) is 10.0 Å². The highest BCUT2D eigenvalue weighted by molar-refractivity contribution is 7.11. The lowest BCUT2D eigenvalue weighted by atomic mass is 10.1. The minimum Gasteiger partial charge on any atom is -0.364 e. The molecule has 1 aromatic heterocycles. The van der Waals surface area contributed by atoms with Gasteiger partial charge in [-0.2, -0.15) is 0 Å². The molecule has 4 rings (SSSR count). The van der Waals surface area contributed by atoms with Crippen molar-refractivity contribution < 1.29 is 9.59 Å². The molecule has 0 atom stereocenters. The molecule has 2 aliphatic rings. The highest BCUT2D eigenvalue weighted by Gasteiger charge is 2.43. The Bertz CT molecular complexity index is 934. The minimum absolute atomic E-state index is 0.306. The van der Waals surface area contributed by atoms with Crippen molar-refractivity contribution in [2.24, 2.45) is 0 Å². The van der Waals surface area contributed by atoms with Crippen LogP contribution in [0.4, 0.5) is 5.69 Å². The lowest BCUT2D eigenvalue weighted by Crippen LogP contribution is -2.46. The van der Waals surface area contributed by atoms with Gasteiger partial charge >= 0.3 is 0 Å². The van der Waals surface area contributed by atoms with Crippen molar-refractivity contribution >= 4 is 57.6 Å². The molecular formula is C19H17Cl2N3O2S. The van der Waals surface area contributed by atoms with Gasteiger partial charge in [-0.3, -0.25) is 9.59 Å². The van der Waals surface area contributed by atoms with E-state index in [0.717, 1.165) is 18.0 Å². The van der Waals surface area contributed by atoms with E-state index in [-0.39, 0.29) is 11.8 Å². The Kier molecular flexibility index (Phi) is 4.99. The number of nitrogens with zero attached hydrogens (tertiary/aromatic N) is 3. The Morgan fingerprint density at radius 3 is 2.33 bits per heavy atom. The van der Waals surface area contributed by atoms with Crippen LogP contribution in [0.1, 0.15) is 4.88 Å². The lowest BCUT2D eigenvalue weighted by molar-refractivity contribution is -0.120. The quantitative estimate of drug-likeness (QED) is 0.710. The summed E-state index contributed by atoms with van der Waals surface area (Å²) in [6.07, 6.45) is 0. The molecule has 0 aliphatic carbocycles. The molecule has 0 N–H and O–H groups in total. The molecule has 8 heteroatoms. The van der Waals surface area contributed by atoms with Crippen molar-refractivity contribution in [1.82, 2.24) is 9.80 Å². The number of carbonyl (C=O) groups is 2. The monoisotopic (exact) mass is 421 g/mol. The van der Waals surface area contributed by atoms with Crippen molar-refractivity contribution in [3.63, 3.8) is 0 Å². The summed E-state index contributed by atoms with van der Waals surface area (Å²) in [7, 11) is 2.05. The van der Waals surface area contributed by atoms with E-state index in [2.05, 4.69) is 11.9 Å². The molecule has 27 heavy (non-hydrogen) atoms. The molecule has 2 aromatic rings. The van der Waals surface area contributed by atoms with Crippen LogP contribution in [0, 0.1) is 0 Å². The topological polar surface area (TPSA) is 43.9 Å². The Balaban J connectivity index is 1.78. The second-order valence-corrected chi connectivity index (χ2v) is 8.30. The number of rotatable bonds is 3. The summed E-state index contributed by atoms with van der Waals surface area (Å²) in [5, 5.41) is 2.59. The van der Waals surface area contributed by atoms with Crippen molar-refractivity contribution in [3.05, 3.63) is 56.3 Å². The lowest BCUT2D eigenvalue weighted by Gasteiger charge is -2.34. The number of hydrogen-bond donors (Lipinski definition) is 0. The first-order valence-corrected chi connectivity index (χ1v) is 10.2. The van der Waals surface area contributed by atoms with Crippen molar-refractivity contribution in [2.45, 2.75) is 0 Å². The largest absolute Gasteiger partial charge is 0.364 e.